The molecule has 0 unspecified atom stereocenters. The molecule has 0 fully saturated rings. The summed E-state index contributed by atoms with van der Waals surface area (Å²) >= 11 is 0. The fourth-order valence-corrected chi connectivity index (χ4v) is 10.2. The number of allylic oxidation sites excluding steroid dienone is 3. The highest BCUT2D eigenvalue weighted by Gasteiger charge is 2.18. The summed E-state index contributed by atoms with van der Waals surface area (Å²) in [4.78, 5) is 9.22. The van der Waals surface area contributed by atoms with Crippen LogP contribution in [0.4, 0.5) is 68.2 Å². The predicted octanol–water partition coefficient (Wildman–Crippen LogP) is 24.4. The first-order valence-electron chi connectivity index (χ1n) is 29.5. The molecule has 0 saturated carbocycles. The van der Waals surface area contributed by atoms with Gasteiger partial charge in [-0.3, -0.25) is 0 Å². The van der Waals surface area contributed by atoms with E-state index in [1.807, 2.05) is 46.8 Å². The van der Waals surface area contributed by atoms with Crippen LogP contribution in [0.5, 0.6) is 0 Å². The Labute approximate surface area is 505 Å². The van der Waals surface area contributed by atoms with Crippen LogP contribution in [0.25, 0.3) is 33.4 Å². The van der Waals surface area contributed by atoms with Crippen molar-refractivity contribution in [2.75, 3.05) is 19.6 Å². The number of hydrogen-bond acceptors (Lipinski definition) is 4. The summed E-state index contributed by atoms with van der Waals surface area (Å²) < 4.78 is 0. The third-order valence-electron chi connectivity index (χ3n) is 14.2. The maximum absolute atomic E-state index is 3.46. The highest BCUT2D eigenvalue weighted by Crippen LogP contribution is 2.41. The van der Waals surface area contributed by atoms with E-state index < -0.39 is 0 Å². The Morgan fingerprint density at radius 2 is 0.329 bits per heavy atom. The molecule has 0 heterocycles. The van der Waals surface area contributed by atoms with Crippen LogP contribution in [0.1, 0.15) is 34.6 Å². The average Bonchev–Trinajstić information content (AvgIpc) is 3.72. The van der Waals surface area contributed by atoms with E-state index in [1.165, 1.54) is 0 Å². The fourth-order valence-electron chi connectivity index (χ4n) is 10.2. The van der Waals surface area contributed by atoms with Crippen LogP contribution in [0.2, 0.25) is 0 Å². The zero-order valence-corrected chi connectivity index (χ0v) is 49.4. The van der Waals surface area contributed by atoms with E-state index in [0.29, 0.717) is 0 Å². The van der Waals surface area contributed by atoms with Gasteiger partial charge in [-0.2, -0.15) is 0 Å². The van der Waals surface area contributed by atoms with E-state index in [-0.39, 0.29) is 0 Å². The SMILES string of the molecule is C=C/C=C\C.CC.CC.c1ccc(N(c2ccccc2)c2ccc(-c3ccc(N(c4ccccc4)c4ccc(-c5ccc(N(c6ccccc6)c6ccc(-c7ccc(N(c8ccccc8)c8ccccc8)cc7)cc6)cc5)cc4)cc3)cc2)cc1. The van der Waals surface area contributed by atoms with Gasteiger partial charge in [-0.15, -0.1) is 0 Å². The van der Waals surface area contributed by atoms with Gasteiger partial charge in [0, 0.05) is 68.2 Å². The van der Waals surface area contributed by atoms with Gasteiger partial charge in [0.05, 0.1) is 0 Å². The quantitative estimate of drug-likeness (QED) is 0.0894. The second-order valence-corrected chi connectivity index (χ2v) is 19.4. The molecule has 0 spiro atoms. The van der Waals surface area contributed by atoms with Crippen LogP contribution < -0.4 is 19.6 Å². The Morgan fingerprint density at radius 3 is 0.435 bits per heavy atom. The standard InChI is InChI=1S/C72H54N4.C5H8.2C2H6/c1-7-19-61(20-8-1)73(62-21-9-2-10-22-62)67-43-31-55(32-44-67)57-35-47-69(48-36-57)75(65-27-15-5-16-28-65)71-51-39-59(40-52-71)60-41-53-72(54-42-60)76(66-29-17-6-18-30-66)70-49-37-58(38-50-70)56-33-45-68(46-34-56)74(63-23-11-3-12-24-63)64-25-13-4-14-26-64;1-3-5-4-2;2*1-2/h1-54H;3-5H,1H2,2H3;2*1-2H3/b;5-4-;;. The van der Waals surface area contributed by atoms with Crippen molar-refractivity contribution in [3.05, 3.63) is 352 Å². The third kappa shape index (κ3) is 14.7. The molecule has 0 N–H and O–H groups in total. The molecule has 0 atom stereocenters. The maximum atomic E-state index is 3.46. The summed E-state index contributed by atoms with van der Waals surface area (Å²) in [5.74, 6) is 0. The first-order chi connectivity index (χ1) is 42.1. The van der Waals surface area contributed by atoms with Gasteiger partial charge in [0.2, 0.25) is 0 Å². The number of benzene rings is 12. The van der Waals surface area contributed by atoms with Crippen molar-refractivity contribution in [3.8, 4) is 33.4 Å². The molecule has 4 heteroatoms. The Kier molecular flexibility index (Phi) is 21.1. The molecule has 0 amide bonds. The first kappa shape index (κ1) is 59.0. The lowest BCUT2D eigenvalue weighted by molar-refractivity contribution is 1.28. The molecule has 0 aliphatic rings. The van der Waals surface area contributed by atoms with Crippen molar-refractivity contribution in [2.24, 2.45) is 0 Å². The molecule has 12 rings (SSSR count). The van der Waals surface area contributed by atoms with Gasteiger partial charge >= 0.3 is 0 Å². The van der Waals surface area contributed by atoms with E-state index in [2.05, 4.69) is 354 Å². The molecule has 85 heavy (non-hydrogen) atoms. The molecule has 418 valence electrons. The topological polar surface area (TPSA) is 13.0 Å². The Morgan fingerprint density at radius 1 is 0.200 bits per heavy atom. The van der Waals surface area contributed by atoms with Crippen LogP contribution in [-0.4, -0.2) is 0 Å². The highest BCUT2D eigenvalue weighted by molar-refractivity contribution is 5.84. The molecule has 0 radical (unpaired) electrons. The summed E-state index contributed by atoms with van der Waals surface area (Å²) in [6.07, 6.45) is 5.58. The molecule has 4 nitrogen and oxygen atoms in total. The van der Waals surface area contributed by atoms with Crippen molar-refractivity contribution in [1.29, 1.82) is 0 Å². The molecule has 0 aromatic heterocycles. The number of rotatable bonds is 16. The monoisotopic (exact) mass is 1100 g/mol. The van der Waals surface area contributed by atoms with Crippen LogP contribution in [0.15, 0.2) is 352 Å². The largest absolute Gasteiger partial charge is 0.311 e. The van der Waals surface area contributed by atoms with Crippen molar-refractivity contribution in [2.45, 2.75) is 34.6 Å². The second-order valence-electron chi connectivity index (χ2n) is 19.4. The molecular formula is C81H74N4. The van der Waals surface area contributed by atoms with Gasteiger partial charge in [0.1, 0.15) is 0 Å². The number of nitrogens with zero attached hydrogens (tertiary/aromatic N) is 4. The molecule has 0 aliphatic carbocycles. The highest BCUT2D eigenvalue weighted by atomic mass is 15.2. The van der Waals surface area contributed by atoms with Gasteiger partial charge in [-0.1, -0.05) is 234 Å². The van der Waals surface area contributed by atoms with E-state index in [4.69, 9.17) is 0 Å². The van der Waals surface area contributed by atoms with Crippen molar-refractivity contribution in [3.63, 3.8) is 0 Å². The minimum absolute atomic E-state index is 1.08. The van der Waals surface area contributed by atoms with Crippen LogP contribution in [0.3, 0.4) is 0 Å². The molecule has 0 aliphatic heterocycles. The Hall–Kier alpha value is -10.7. The first-order valence-corrected chi connectivity index (χ1v) is 29.5. The summed E-state index contributed by atoms with van der Waals surface area (Å²) in [5.41, 5.74) is 20.2. The Balaban J connectivity index is 0.000000906. The molecule has 0 bridgehead atoms. The molecule has 12 aromatic rings. The molecule has 12 aromatic carbocycles. The smallest absolute Gasteiger partial charge is 0.0462 e. The summed E-state index contributed by atoms with van der Waals surface area (Å²) in [6, 6.07) is 117. The van der Waals surface area contributed by atoms with Crippen molar-refractivity contribution >= 4 is 68.2 Å². The second kappa shape index (κ2) is 30.4. The average molecular weight is 1100 g/mol. The van der Waals surface area contributed by atoms with Crippen LogP contribution in [0, 0.1) is 0 Å². The van der Waals surface area contributed by atoms with Gasteiger partial charge in [-0.25, -0.2) is 0 Å². The normalized spacial score (nSPS) is 10.4. The van der Waals surface area contributed by atoms with Crippen molar-refractivity contribution < 1.29 is 0 Å². The predicted molar refractivity (Wildman–Crippen MR) is 369 cm³/mol. The lowest BCUT2D eigenvalue weighted by Gasteiger charge is -2.26. The van der Waals surface area contributed by atoms with Crippen LogP contribution in [-0.2, 0) is 0 Å². The van der Waals surface area contributed by atoms with Gasteiger partial charge in [-0.05, 0) is 186 Å². The van der Waals surface area contributed by atoms with Crippen LogP contribution >= 0.6 is 0 Å². The minimum Gasteiger partial charge on any atom is -0.311 e. The lowest BCUT2D eigenvalue weighted by atomic mass is 10.0. The summed E-state index contributed by atoms with van der Waals surface area (Å²) in [6.45, 7) is 13.4. The van der Waals surface area contributed by atoms with E-state index in [0.717, 1.165) is 102 Å². The van der Waals surface area contributed by atoms with E-state index in [1.54, 1.807) is 6.08 Å². The fraction of sp³-hybridized carbons (Fsp3) is 0.0617. The van der Waals surface area contributed by atoms with Crippen molar-refractivity contribution in [1.82, 2.24) is 0 Å². The zero-order chi connectivity index (χ0) is 59.0. The van der Waals surface area contributed by atoms with E-state index in [9.17, 15) is 0 Å². The maximum Gasteiger partial charge on any atom is 0.0462 e. The Bertz CT molecular complexity index is 3540. The summed E-state index contributed by atoms with van der Waals surface area (Å²) in [5, 5.41) is 0. The summed E-state index contributed by atoms with van der Waals surface area (Å²) in [7, 11) is 0. The molecular weight excluding hydrogens is 1030 g/mol. The number of anilines is 12. The van der Waals surface area contributed by atoms with E-state index >= 15 is 0 Å². The van der Waals surface area contributed by atoms with Gasteiger partial charge in [0.15, 0.2) is 0 Å². The van der Waals surface area contributed by atoms with Gasteiger partial charge < -0.3 is 19.6 Å². The zero-order valence-electron chi connectivity index (χ0n) is 49.4. The lowest BCUT2D eigenvalue weighted by Crippen LogP contribution is -2.10. The minimum atomic E-state index is 1.08. The number of hydrogen-bond donors (Lipinski definition) is 0. The third-order valence-corrected chi connectivity index (χ3v) is 14.2. The number of para-hydroxylation sites is 6. The molecule has 0 saturated heterocycles. The van der Waals surface area contributed by atoms with Gasteiger partial charge in [0.25, 0.3) is 0 Å².